The third kappa shape index (κ3) is 3.24. The van der Waals surface area contributed by atoms with Crippen LogP contribution in [0.25, 0.3) is 10.8 Å². The molecule has 2 aromatic carbocycles. The molecule has 0 spiro atoms. The Balaban J connectivity index is 1.98. The van der Waals surface area contributed by atoms with Gasteiger partial charge < -0.3 is 10.2 Å². The van der Waals surface area contributed by atoms with E-state index in [1.165, 1.54) is 10.8 Å². The highest BCUT2D eigenvalue weighted by Crippen LogP contribution is 2.24. The van der Waals surface area contributed by atoms with Crippen molar-refractivity contribution < 1.29 is 15.0 Å². The normalized spacial score (nSPS) is 12.5. The summed E-state index contributed by atoms with van der Waals surface area (Å²) in [6, 6.07) is 14.2. The second kappa shape index (κ2) is 5.89. The van der Waals surface area contributed by atoms with Gasteiger partial charge in [0.1, 0.15) is 0 Å². The maximum atomic E-state index is 10.5. The number of aliphatic hydroxyl groups excluding tert-OH is 1. The molecular formula is C14H14O3S. The Bertz CT molecular complexity index is 553. The predicted molar refractivity (Wildman–Crippen MR) is 72.9 cm³/mol. The lowest BCUT2D eigenvalue weighted by Crippen LogP contribution is -2.19. The van der Waals surface area contributed by atoms with Crippen molar-refractivity contribution >= 4 is 28.5 Å². The third-order valence-corrected chi connectivity index (χ3v) is 3.69. The summed E-state index contributed by atoms with van der Waals surface area (Å²) in [7, 11) is 0. The molecule has 2 N–H and O–H groups in total. The molecular weight excluding hydrogens is 248 g/mol. The zero-order valence-electron chi connectivity index (χ0n) is 9.74. The Labute approximate surface area is 109 Å². The number of aliphatic hydroxyl groups is 1. The highest BCUT2D eigenvalue weighted by Gasteiger charge is 2.12. The van der Waals surface area contributed by atoms with Crippen LogP contribution in [0.15, 0.2) is 47.4 Å². The monoisotopic (exact) mass is 262 g/mol. The molecule has 4 heteroatoms. The van der Waals surface area contributed by atoms with Crippen molar-refractivity contribution in [1.29, 1.82) is 0 Å². The number of hydrogen-bond acceptors (Lipinski definition) is 3. The van der Waals surface area contributed by atoms with Crippen LogP contribution in [0.2, 0.25) is 0 Å². The minimum absolute atomic E-state index is 0.257. The van der Waals surface area contributed by atoms with Gasteiger partial charge in [0.15, 0.2) is 6.10 Å². The van der Waals surface area contributed by atoms with Gasteiger partial charge in [0, 0.05) is 10.6 Å². The molecule has 0 saturated heterocycles. The van der Waals surface area contributed by atoms with Crippen LogP contribution in [0.4, 0.5) is 0 Å². The number of carboxylic acid groups (broad SMARTS) is 1. The molecule has 0 aliphatic rings. The molecule has 0 aromatic heterocycles. The van der Waals surface area contributed by atoms with E-state index in [0.717, 1.165) is 4.90 Å². The quantitative estimate of drug-likeness (QED) is 0.813. The molecule has 0 amide bonds. The van der Waals surface area contributed by atoms with Crippen LogP contribution in [0.1, 0.15) is 6.42 Å². The molecule has 0 radical (unpaired) electrons. The summed E-state index contributed by atoms with van der Waals surface area (Å²) in [6.07, 6.45) is -1.01. The van der Waals surface area contributed by atoms with Gasteiger partial charge in [-0.05, 0) is 29.3 Å². The topological polar surface area (TPSA) is 57.5 Å². The van der Waals surface area contributed by atoms with Gasteiger partial charge in [-0.2, -0.15) is 0 Å². The van der Waals surface area contributed by atoms with Crippen molar-refractivity contribution in [2.45, 2.75) is 17.4 Å². The van der Waals surface area contributed by atoms with Crippen molar-refractivity contribution in [3.63, 3.8) is 0 Å². The number of thioether (sulfide) groups is 1. The van der Waals surface area contributed by atoms with Crippen LogP contribution in [-0.2, 0) is 4.79 Å². The van der Waals surface area contributed by atoms with Crippen molar-refractivity contribution in [1.82, 2.24) is 0 Å². The lowest BCUT2D eigenvalue weighted by atomic mass is 10.1. The van der Waals surface area contributed by atoms with E-state index in [2.05, 4.69) is 12.1 Å². The van der Waals surface area contributed by atoms with Crippen molar-refractivity contribution in [2.24, 2.45) is 0 Å². The fourth-order valence-electron chi connectivity index (χ4n) is 1.67. The Hall–Kier alpha value is -1.52. The van der Waals surface area contributed by atoms with Crippen molar-refractivity contribution in [2.75, 3.05) is 5.75 Å². The summed E-state index contributed by atoms with van der Waals surface area (Å²) in [5.41, 5.74) is 0. The molecule has 0 heterocycles. The van der Waals surface area contributed by atoms with Crippen LogP contribution in [0.5, 0.6) is 0 Å². The summed E-state index contributed by atoms with van der Waals surface area (Å²) in [5.74, 6) is -0.569. The standard InChI is InChI=1S/C14H14O3S/c15-13(14(16)17)7-8-18-12-6-5-10-3-1-2-4-11(10)9-12/h1-6,9,13,15H,7-8H2,(H,16,17)/t13-/m0/s1. The first kappa shape index (κ1) is 12.9. The molecule has 0 saturated carbocycles. The average molecular weight is 262 g/mol. The van der Waals surface area contributed by atoms with E-state index in [9.17, 15) is 4.79 Å². The first-order valence-electron chi connectivity index (χ1n) is 5.69. The Morgan fingerprint density at radius 3 is 2.61 bits per heavy atom. The van der Waals surface area contributed by atoms with Gasteiger partial charge in [0.05, 0.1) is 0 Å². The zero-order chi connectivity index (χ0) is 13.0. The first-order chi connectivity index (χ1) is 8.66. The minimum atomic E-state index is -1.27. The zero-order valence-corrected chi connectivity index (χ0v) is 10.6. The van der Waals surface area contributed by atoms with Gasteiger partial charge >= 0.3 is 5.97 Å². The van der Waals surface area contributed by atoms with Gasteiger partial charge in [-0.15, -0.1) is 11.8 Å². The lowest BCUT2D eigenvalue weighted by molar-refractivity contribution is -0.146. The largest absolute Gasteiger partial charge is 0.479 e. The molecule has 0 bridgehead atoms. The summed E-state index contributed by atoms with van der Waals surface area (Å²) >= 11 is 1.56. The van der Waals surface area contributed by atoms with E-state index in [4.69, 9.17) is 10.2 Å². The fraction of sp³-hybridized carbons (Fsp3) is 0.214. The Kier molecular flexibility index (Phi) is 4.23. The molecule has 0 fully saturated rings. The molecule has 0 unspecified atom stereocenters. The fourth-order valence-corrected chi connectivity index (χ4v) is 2.62. The van der Waals surface area contributed by atoms with Crippen LogP contribution < -0.4 is 0 Å². The molecule has 0 aliphatic heterocycles. The maximum Gasteiger partial charge on any atom is 0.332 e. The van der Waals surface area contributed by atoms with E-state index in [1.54, 1.807) is 11.8 Å². The number of carboxylic acids is 1. The van der Waals surface area contributed by atoms with E-state index >= 15 is 0 Å². The number of hydrogen-bond donors (Lipinski definition) is 2. The molecule has 3 nitrogen and oxygen atoms in total. The summed E-state index contributed by atoms with van der Waals surface area (Å²) in [6.45, 7) is 0. The molecule has 2 rings (SSSR count). The van der Waals surface area contributed by atoms with Crippen LogP contribution in [-0.4, -0.2) is 28.0 Å². The summed E-state index contributed by atoms with van der Waals surface area (Å²) < 4.78 is 0. The second-order valence-corrected chi connectivity index (χ2v) is 5.17. The molecule has 18 heavy (non-hydrogen) atoms. The van der Waals surface area contributed by atoms with Crippen LogP contribution in [0, 0.1) is 0 Å². The summed E-state index contributed by atoms with van der Waals surface area (Å²) in [4.78, 5) is 11.5. The number of aliphatic carboxylic acids is 1. The van der Waals surface area contributed by atoms with Gasteiger partial charge in [-0.3, -0.25) is 0 Å². The molecule has 1 atom stereocenters. The van der Waals surface area contributed by atoms with E-state index in [0.29, 0.717) is 5.75 Å². The summed E-state index contributed by atoms with van der Waals surface area (Å²) in [5, 5.41) is 20.1. The highest BCUT2D eigenvalue weighted by molar-refractivity contribution is 7.99. The van der Waals surface area contributed by atoms with Crippen LogP contribution in [0.3, 0.4) is 0 Å². The number of fused-ring (bicyclic) bond motifs is 1. The van der Waals surface area contributed by atoms with E-state index in [-0.39, 0.29) is 6.42 Å². The molecule has 2 aromatic rings. The van der Waals surface area contributed by atoms with E-state index in [1.807, 2.05) is 30.3 Å². The van der Waals surface area contributed by atoms with Gasteiger partial charge in [-0.1, -0.05) is 30.3 Å². The number of benzene rings is 2. The number of rotatable bonds is 5. The predicted octanol–water partition coefficient (Wildman–Crippen LogP) is 2.77. The smallest absolute Gasteiger partial charge is 0.332 e. The Morgan fingerprint density at radius 2 is 1.89 bits per heavy atom. The maximum absolute atomic E-state index is 10.5. The molecule has 94 valence electrons. The van der Waals surface area contributed by atoms with Crippen molar-refractivity contribution in [3.8, 4) is 0 Å². The Morgan fingerprint density at radius 1 is 1.17 bits per heavy atom. The van der Waals surface area contributed by atoms with Crippen molar-refractivity contribution in [3.05, 3.63) is 42.5 Å². The highest BCUT2D eigenvalue weighted by atomic mass is 32.2. The SMILES string of the molecule is O=C(O)[C@@H](O)CCSc1ccc2ccccc2c1. The van der Waals surface area contributed by atoms with Gasteiger partial charge in [0.25, 0.3) is 0 Å². The average Bonchev–Trinajstić information content (AvgIpc) is 2.38. The van der Waals surface area contributed by atoms with E-state index < -0.39 is 12.1 Å². The van der Waals surface area contributed by atoms with Gasteiger partial charge in [0.2, 0.25) is 0 Å². The number of carbonyl (C=O) groups is 1. The van der Waals surface area contributed by atoms with Gasteiger partial charge in [-0.25, -0.2) is 4.79 Å². The first-order valence-corrected chi connectivity index (χ1v) is 6.68. The minimum Gasteiger partial charge on any atom is -0.479 e. The third-order valence-electron chi connectivity index (χ3n) is 2.67. The van der Waals surface area contributed by atoms with Crippen LogP contribution >= 0.6 is 11.8 Å². The lowest BCUT2D eigenvalue weighted by Gasteiger charge is -2.06. The second-order valence-electron chi connectivity index (χ2n) is 4.00. The molecule has 0 aliphatic carbocycles.